The van der Waals surface area contributed by atoms with Crippen molar-refractivity contribution in [1.29, 1.82) is 0 Å². The van der Waals surface area contributed by atoms with Crippen LogP contribution < -0.4 is 10.4 Å². The van der Waals surface area contributed by atoms with Gasteiger partial charge in [0.2, 0.25) is 5.91 Å². The lowest BCUT2D eigenvalue weighted by atomic mass is 9.69. The number of nitrogens with one attached hydrogen (secondary N) is 1. The second-order valence-electron chi connectivity index (χ2n) is 6.40. The summed E-state index contributed by atoms with van der Waals surface area (Å²) in [7, 11) is 1.30. The molecule has 0 bridgehead atoms. The van der Waals surface area contributed by atoms with Crippen molar-refractivity contribution in [3.8, 4) is 0 Å². The summed E-state index contributed by atoms with van der Waals surface area (Å²) in [6.45, 7) is 0. The van der Waals surface area contributed by atoms with Gasteiger partial charge in [-0.2, -0.15) is 0 Å². The third-order valence-electron chi connectivity index (χ3n) is 4.56. The highest BCUT2D eigenvalue weighted by Gasteiger charge is 2.34. The normalized spacial score (nSPS) is 16.2. The van der Waals surface area contributed by atoms with Crippen molar-refractivity contribution in [1.82, 2.24) is 0 Å². The zero-order valence-corrected chi connectivity index (χ0v) is 13.8. The maximum absolute atomic E-state index is 12.3. The average molecular weight is 332 g/mol. The number of carbonyl (C=O) groups is 3. The smallest absolute Gasteiger partial charge is 0.337 e. The molecule has 1 fully saturated rings. The van der Waals surface area contributed by atoms with Crippen molar-refractivity contribution in [3.63, 3.8) is 0 Å². The van der Waals surface area contributed by atoms with E-state index in [0.717, 1.165) is 32.1 Å². The van der Waals surface area contributed by atoms with E-state index in [1.807, 2.05) is 0 Å². The van der Waals surface area contributed by atoms with Gasteiger partial charge in [-0.1, -0.05) is 19.3 Å². The minimum Gasteiger partial charge on any atom is -0.550 e. The molecule has 1 aromatic rings. The van der Waals surface area contributed by atoms with Crippen molar-refractivity contribution in [2.24, 2.45) is 5.41 Å². The molecule has 0 radical (unpaired) electrons. The minimum absolute atomic E-state index is 0.0816. The SMILES string of the molecule is COC(=O)c1ccc(NC(=O)CC2(CC(=O)[O-])CCCCC2)cc1. The Balaban J connectivity index is 2.00. The van der Waals surface area contributed by atoms with E-state index in [4.69, 9.17) is 0 Å². The van der Waals surface area contributed by atoms with Crippen LogP contribution in [0.15, 0.2) is 24.3 Å². The number of hydrogen-bond donors (Lipinski definition) is 1. The number of anilines is 1. The van der Waals surface area contributed by atoms with Gasteiger partial charge in [0.1, 0.15) is 0 Å². The standard InChI is InChI=1S/C18H23NO5/c1-24-17(23)13-5-7-14(8-6-13)19-15(20)11-18(12-16(21)22)9-3-2-4-10-18/h5-8H,2-4,9-12H2,1H3,(H,19,20)(H,21,22)/p-1. The number of rotatable bonds is 6. The first-order chi connectivity index (χ1) is 11.4. The van der Waals surface area contributed by atoms with E-state index in [2.05, 4.69) is 10.1 Å². The number of carboxylic acid groups (broad SMARTS) is 1. The molecule has 24 heavy (non-hydrogen) atoms. The zero-order valence-electron chi connectivity index (χ0n) is 13.8. The summed E-state index contributed by atoms with van der Waals surface area (Å²) in [5.74, 6) is -1.76. The third-order valence-corrected chi connectivity index (χ3v) is 4.56. The number of benzene rings is 1. The number of hydrogen-bond acceptors (Lipinski definition) is 5. The molecule has 0 heterocycles. The molecule has 1 aliphatic carbocycles. The Labute approximate surface area is 141 Å². The van der Waals surface area contributed by atoms with E-state index in [-0.39, 0.29) is 18.7 Å². The molecular weight excluding hydrogens is 310 g/mol. The summed E-state index contributed by atoms with van der Waals surface area (Å²) in [5, 5.41) is 13.8. The lowest BCUT2D eigenvalue weighted by Gasteiger charge is -2.37. The predicted octanol–water partition coefficient (Wildman–Crippen LogP) is 1.89. The van der Waals surface area contributed by atoms with Crippen LogP contribution in [0.4, 0.5) is 5.69 Å². The molecule has 1 N–H and O–H groups in total. The lowest BCUT2D eigenvalue weighted by molar-refractivity contribution is -0.308. The lowest BCUT2D eigenvalue weighted by Crippen LogP contribution is -2.36. The molecule has 6 nitrogen and oxygen atoms in total. The number of methoxy groups -OCH3 is 1. The van der Waals surface area contributed by atoms with Crippen molar-refractivity contribution in [2.45, 2.75) is 44.9 Å². The molecule has 1 amide bonds. The van der Waals surface area contributed by atoms with Gasteiger partial charge < -0.3 is 20.0 Å². The number of esters is 1. The molecule has 6 heteroatoms. The van der Waals surface area contributed by atoms with E-state index in [0.29, 0.717) is 11.3 Å². The van der Waals surface area contributed by atoms with Gasteiger partial charge in [-0.15, -0.1) is 0 Å². The Morgan fingerprint density at radius 1 is 1.08 bits per heavy atom. The van der Waals surface area contributed by atoms with E-state index < -0.39 is 17.4 Å². The fourth-order valence-electron chi connectivity index (χ4n) is 3.38. The van der Waals surface area contributed by atoms with Crippen LogP contribution in [-0.4, -0.2) is 25.0 Å². The number of ether oxygens (including phenoxy) is 1. The van der Waals surface area contributed by atoms with Gasteiger partial charge in [0.05, 0.1) is 12.7 Å². The van der Waals surface area contributed by atoms with Gasteiger partial charge in [-0.05, 0) is 48.9 Å². The maximum atomic E-state index is 12.3. The largest absolute Gasteiger partial charge is 0.550 e. The first-order valence-electron chi connectivity index (χ1n) is 8.12. The molecule has 0 atom stereocenters. The molecule has 1 saturated carbocycles. The van der Waals surface area contributed by atoms with Gasteiger partial charge in [-0.25, -0.2) is 4.79 Å². The Kier molecular flexibility index (Phi) is 5.95. The topological polar surface area (TPSA) is 95.5 Å². The van der Waals surface area contributed by atoms with Gasteiger partial charge in [0.25, 0.3) is 0 Å². The maximum Gasteiger partial charge on any atom is 0.337 e. The molecule has 130 valence electrons. The second kappa shape index (κ2) is 7.95. The van der Waals surface area contributed by atoms with Gasteiger partial charge in [-0.3, -0.25) is 4.79 Å². The quantitative estimate of drug-likeness (QED) is 0.803. The number of carbonyl (C=O) groups excluding carboxylic acids is 3. The van der Waals surface area contributed by atoms with E-state index >= 15 is 0 Å². The van der Waals surface area contributed by atoms with Crippen LogP contribution in [0.5, 0.6) is 0 Å². The van der Waals surface area contributed by atoms with E-state index in [1.54, 1.807) is 24.3 Å². The van der Waals surface area contributed by atoms with Crippen LogP contribution in [0.1, 0.15) is 55.3 Å². The van der Waals surface area contributed by atoms with Crippen LogP contribution in [0.3, 0.4) is 0 Å². The van der Waals surface area contributed by atoms with Gasteiger partial charge >= 0.3 is 5.97 Å². The summed E-state index contributed by atoms with van der Waals surface area (Å²) >= 11 is 0. The Morgan fingerprint density at radius 3 is 2.25 bits per heavy atom. The summed E-state index contributed by atoms with van der Waals surface area (Å²) in [5.41, 5.74) is 0.455. The van der Waals surface area contributed by atoms with Crippen molar-refractivity contribution >= 4 is 23.5 Å². The van der Waals surface area contributed by atoms with E-state index in [9.17, 15) is 19.5 Å². The molecule has 0 aliphatic heterocycles. The van der Waals surface area contributed by atoms with Gasteiger partial charge in [0.15, 0.2) is 0 Å². The molecular formula is C18H22NO5-. The molecule has 2 rings (SSSR count). The van der Waals surface area contributed by atoms with Crippen molar-refractivity contribution in [3.05, 3.63) is 29.8 Å². The number of amides is 1. The predicted molar refractivity (Wildman–Crippen MR) is 86.2 cm³/mol. The van der Waals surface area contributed by atoms with Gasteiger partial charge in [0, 0.05) is 18.1 Å². The highest BCUT2D eigenvalue weighted by molar-refractivity contribution is 5.93. The summed E-state index contributed by atoms with van der Waals surface area (Å²) < 4.78 is 4.62. The summed E-state index contributed by atoms with van der Waals surface area (Å²) in [6, 6.07) is 6.38. The summed E-state index contributed by atoms with van der Waals surface area (Å²) in [6.07, 6.45) is 4.50. The number of aliphatic carboxylic acids is 1. The van der Waals surface area contributed by atoms with Crippen LogP contribution >= 0.6 is 0 Å². The highest BCUT2D eigenvalue weighted by atomic mass is 16.5. The number of carboxylic acids is 1. The van der Waals surface area contributed by atoms with Crippen molar-refractivity contribution in [2.75, 3.05) is 12.4 Å². The molecule has 1 aliphatic rings. The minimum atomic E-state index is -1.10. The van der Waals surface area contributed by atoms with Crippen LogP contribution in [-0.2, 0) is 14.3 Å². The fraction of sp³-hybridized carbons (Fsp3) is 0.500. The van der Waals surface area contributed by atoms with Crippen LogP contribution in [0.2, 0.25) is 0 Å². The Hall–Kier alpha value is -2.37. The van der Waals surface area contributed by atoms with E-state index in [1.165, 1.54) is 7.11 Å². The second-order valence-corrected chi connectivity index (χ2v) is 6.40. The van der Waals surface area contributed by atoms with Crippen LogP contribution in [0.25, 0.3) is 0 Å². The molecule has 0 unspecified atom stereocenters. The van der Waals surface area contributed by atoms with Crippen LogP contribution in [0, 0.1) is 5.41 Å². The fourth-order valence-corrected chi connectivity index (χ4v) is 3.38. The van der Waals surface area contributed by atoms with Crippen molar-refractivity contribution < 1.29 is 24.2 Å². The first kappa shape index (κ1) is 18.0. The monoisotopic (exact) mass is 332 g/mol. The molecule has 0 aromatic heterocycles. The third kappa shape index (κ3) is 4.81. The molecule has 0 spiro atoms. The molecule has 1 aromatic carbocycles. The average Bonchev–Trinajstić information content (AvgIpc) is 2.54. The highest BCUT2D eigenvalue weighted by Crippen LogP contribution is 2.42. The Morgan fingerprint density at radius 2 is 1.71 bits per heavy atom. The summed E-state index contributed by atoms with van der Waals surface area (Å²) in [4.78, 5) is 34.8. The molecule has 0 saturated heterocycles. The zero-order chi connectivity index (χ0) is 17.6. The first-order valence-corrected chi connectivity index (χ1v) is 8.12. The Bertz CT molecular complexity index is 602.